The maximum Gasteiger partial charge on any atom is 0.249 e. The average molecular weight is 529 g/mol. The molecule has 0 aliphatic carbocycles. The normalized spacial score (nSPS) is 14.6. The highest BCUT2D eigenvalue weighted by Gasteiger charge is 2.42. The Morgan fingerprint density at radius 3 is 2.64 bits per heavy atom. The van der Waals surface area contributed by atoms with Crippen LogP contribution in [-0.4, -0.2) is 50.9 Å². The number of rotatable bonds is 7. The van der Waals surface area contributed by atoms with Crippen molar-refractivity contribution in [1.82, 2.24) is 14.6 Å². The van der Waals surface area contributed by atoms with Crippen LogP contribution in [0.1, 0.15) is 47.8 Å². The molecule has 1 aliphatic rings. The fraction of sp³-hybridized carbons (Fsp3) is 0.310. The van der Waals surface area contributed by atoms with Crippen LogP contribution in [0, 0.1) is 24.1 Å². The standard InChI is InChI=1S/C29H29FN6O3/c1-17-22(27(32)37)7-20(30)8-24(17)29(4)14-35(15-29)25-6-5-18(11-33-25)23-9-21(39-16-28(2,3)38)13-36-26(23)19(10-31)12-34-36/h5-9,11-13,38H,14-16H2,1-4H3,(H2,32,37). The van der Waals surface area contributed by atoms with Gasteiger partial charge in [0.1, 0.15) is 30.1 Å². The zero-order valence-electron chi connectivity index (χ0n) is 22.2. The number of aliphatic hydroxyl groups is 1. The predicted octanol–water partition coefficient (Wildman–Crippen LogP) is 3.74. The fourth-order valence-electron chi connectivity index (χ4n) is 5.16. The number of primary amides is 1. The maximum absolute atomic E-state index is 14.3. The molecule has 3 N–H and O–H groups in total. The van der Waals surface area contributed by atoms with Crippen LogP contribution in [0.3, 0.4) is 0 Å². The number of pyridine rings is 2. The third kappa shape index (κ3) is 4.89. The summed E-state index contributed by atoms with van der Waals surface area (Å²) in [4.78, 5) is 18.5. The molecule has 5 rings (SSSR count). The summed E-state index contributed by atoms with van der Waals surface area (Å²) in [6, 6.07) is 10.5. The van der Waals surface area contributed by atoms with Gasteiger partial charge in [0.25, 0.3) is 0 Å². The Balaban J connectivity index is 1.42. The molecule has 1 saturated heterocycles. The number of anilines is 1. The van der Waals surface area contributed by atoms with Crippen LogP contribution in [0.5, 0.6) is 5.75 Å². The summed E-state index contributed by atoms with van der Waals surface area (Å²) in [7, 11) is 0. The zero-order chi connectivity index (χ0) is 28.1. The second-order valence-corrected chi connectivity index (χ2v) is 11.0. The largest absolute Gasteiger partial charge is 0.489 e. The molecule has 1 fully saturated rings. The Labute approximate surface area is 225 Å². The zero-order valence-corrected chi connectivity index (χ0v) is 22.2. The van der Waals surface area contributed by atoms with Crippen molar-refractivity contribution in [3.05, 3.63) is 77.0 Å². The van der Waals surface area contributed by atoms with E-state index in [4.69, 9.17) is 10.5 Å². The fourth-order valence-corrected chi connectivity index (χ4v) is 5.16. The molecule has 1 amide bonds. The number of ether oxygens (including phenoxy) is 1. The Kier molecular flexibility index (Phi) is 6.27. The van der Waals surface area contributed by atoms with E-state index in [0.717, 1.165) is 22.5 Å². The molecule has 0 radical (unpaired) electrons. The minimum atomic E-state index is -1.02. The number of aromatic nitrogens is 3. The maximum atomic E-state index is 14.3. The van der Waals surface area contributed by atoms with Crippen molar-refractivity contribution < 1.29 is 19.0 Å². The van der Waals surface area contributed by atoms with E-state index in [1.54, 1.807) is 37.7 Å². The van der Waals surface area contributed by atoms with Crippen LogP contribution >= 0.6 is 0 Å². The van der Waals surface area contributed by atoms with Crippen LogP contribution in [0.2, 0.25) is 0 Å². The van der Waals surface area contributed by atoms with Gasteiger partial charge in [-0.15, -0.1) is 0 Å². The summed E-state index contributed by atoms with van der Waals surface area (Å²) in [5.41, 5.74) is 8.27. The summed E-state index contributed by atoms with van der Waals surface area (Å²) in [6.45, 7) is 8.40. The third-order valence-electron chi connectivity index (χ3n) is 7.05. The molecule has 0 saturated carbocycles. The van der Waals surface area contributed by atoms with E-state index in [0.29, 0.717) is 35.5 Å². The summed E-state index contributed by atoms with van der Waals surface area (Å²) < 4.78 is 21.7. The van der Waals surface area contributed by atoms with Gasteiger partial charge >= 0.3 is 0 Å². The van der Waals surface area contributed by atoms with Gasteiger partial charge in [-0.1, -0.05) is 6.92 Å². The Hall–Kier alpha value is -4.49. The minimum absolute atomic E-state index is 0.0843. The van der Waals surface area contributed by atoms with Gasteiger partial charge in [0.15, 0.2) is 0 Å². The van der Waals surface area contributed by atoms with E-state index in [9.17, 15) is 19.6 Å². The van der Waals surface area contributed by atoms with Gasteiger partial charge in [0.05, 0.1) is 29.1 Å². The molecule has 3 aromatic heterocycles. The molecule has 0 atom stereocenters. The summed E-state index contributed by atoms with van der Waals surface area (Å²) in [5.74, 6) is 0.116. The molecule has 0 spiro atoms. The molecule has 0 unspecified atom stereocenters. The number of amides is 1. The Morgan fingerprint density at radius 2 is 2.03 bits per heavy atom. The van der Waals surface area contributed by atoms with Crippen molar-refractivity contribution in [3.63, 3.8) is 0 Å². The Bertz CT molecular complexity index is 1630. The number of hydrogen-bond donors (Lipinski definition) is 2. The summed E-state index contributed by atoms with van der Waals surface area (Å²) in [5, 5.41) is 24.0. The van der Waals surface area contributed by atoms with Crippen LogP contribution in [0.25, 0.3) is 16.6 Å². The van der Waals surface area contributed by atoms with Crippen LogP contribution < -0.4 is 15.4 Å². The number of fused-ring (bicyclic) bond motifs is 1. The van der Waals surface area contributed by atoms with Crippen molar-refractivity contribution >= 4 is 17.2 Å². The first-order valence-corrected chi connectivity index (χ1v) is 12.5. The molecule has 4 heterocycles. The lowest BCUT2D eigenvalue weighted by Crippen LogP contribution is -2.58. The predicted molar refractivity (Wildman–Crippen MR) is 144 cm³/mol. The minimum Gasteiger partial charge on any atom is -0.489 e. The smallest absolute Gasteiger partial charge is 0.249 e. The molecule has 1 aromatic carbocycles. The van der Waals surface area contributed by atoms with Crippen molar-refractivity contribution in [2.75, 3.05) is 24.6 Å². The second kappa shape index (κ2) is 9.36. The van der Waals surface area contributed by atoms with E-state index in [2.05, 4.69) is 21.1 Å². The number of hydrogen-bond acceptors (Lipinski definition) is 7. The Morgan fingerprint density at radius 1 is 1.28 bits per heavy atom. The van der Waals surface area contributed by atoms with Crippen LogP contribution in [0.15, 0.2) is 48.9 Å². The SMILES string of the molecule is Cc1c(C(N)=O)cc(F)cc1C1(C)CN(c2ccc(-c3cc(OCC(C)(C)O)cn4ncc(C#N)c34)cn2)C1. The molecular formula is C29H29FN6O3. The molecule has 200 valence electrons. The number of nitrogens with two attached hydrogens (primary N) is 1. The lowest BCUT2D eigenvalue weighted by atomic mass is 9.73. The molecule has 9 nitrogen and oxygen atoms in total. The third-order valence-corrected chi connectivity index (χ3v) is 7.05. The van der Waals surface area contributed by atoms with Gasteiger partial charge in [-0.25, -0.2) is 13.9 Å². The topological polar surface area (TPSA) is 130 Å². The first kappa shape index (κ1) is 26.1. The van der Waals surface area contributed by atoms with Gasteiger partial charge in [-0.05, 0) is 62.2 Å². The van der Waals surface area contributed by atoms with E-state index in [1.807, 2.05) is 25.1 Å². The number of benzene rings is 1. The van der Waals surface area contributed by atoms with Crippen molar-refractivity contribution in [2.45, 2.75) is 38.7 Å². The highest BCUT2D eigenvalue weighted by Crippen LogP contribution is 2.40. The molecule has 1 aliphatic heterocycles. The summed E-state index contributed by atoms with van der Waals surface area (Å²) in [6.07, 6.45) is 4.90. The van der Waals surface area contributed by atoms with Crippen LogP contribution in [-0.2, 0) is 5.41 Å². The van der Waals surface area contributed by atoms with Crippen molar-refractivity contribution in [3.8, 4) is 22.9 Å². The van der Waals surface area contributed by atoms with E-state index in [1.165, 1.54) is 18.3 Å². The quantitative estimate of drug-likeness (QED) is 0.374. The second-order valence-electron chi connectivity index (χ2n) is 11.0. The number of carbonyl (C=O) groups excluding carboxylic acids is 1. The molecule has 39 heavy (non-hydrogen) atoms. The lowest BCUT2D eigenvalue weighted by Gasteiger charge is -2.50. The summed E-state index contributed by atoms with van der Waals surface area (Å²) >= 11 is 0. The lowest BCUT2D eigenvalue weighted by molar-refractivity contribution is 0.0283. The van der Waals surface area contributed by atoms with E-state index >= 15 is 0 Å². The van der Waals surface area contributed by atoms with Gasteiger partial charge in [-0.2, -0.15) is 10.4 Å². The molecule has 4 aromatic rings. The van der Waals surface area contributed by atoms with Gasteiger partial charge in [0, 0.05) is 41.4 Å². The monoisotopic (exact) mass is 528 g/mol. The molecule has 0 bridgehead atoms. The highest BCUT2D eigenvalue weighted by molar-refractivity contribution is 5.94. The number of nitrogens with zero attached hydrogens (tertiary/aromatic N) is 5. The van der Waals surface area contributed by atoms with Gasteiger partial charge < -0.3 is 20.5 Å². The first-order chi connectivity index (χ1) is 18.4. The van der Waals surface area contributed by atoms with E-state index in [-0.39, 0.29) is 17.6 Å². The van der Waals surface area contributed by atoms with Crippen molar-refractivity contribution in [1.29, 1.82) is 5.26 Å². The van der Waals surface area contributed by atoms with Crippen molar-refractivity contribution in [2.24, 2.45) is 5.73 Å². The molecular weight excluding hydrogens is 499 g/mol. The number of nitriles is 1. The van der Waals surface area contributed by atoms with Gasteiger partial charge in [0.2, 0.25) is 5.91 Å². The average Bonchev–Trinajstić information content (AvgIpc) is 3.29. The van der Waals surface area contributed by atoms with E-state index < -0.39 is 17.3 Å². The van der Waals surface area contributed by atoms with Gasteiger partial charge in [-0.3, -0.25) is 4.79 Å². The first-order valence-electron chi connectivity index (χ1n) is 12.5. The highest BCUT2D eigenvalue weighted by atomic mass is 19.1. The number of halogens is 1. The number of carbonyl (C=O) groups is 1. The van der Waals surface area contributed by atoms with Crippen LogP contribution in [0.4, 0.5) is 10.2 Å². The molecule has 10 heteroatoms.